The molecule has 144 valence electrons. The predicted molar refractivity (Wildman–Crippen MR) is 113 cm³/mol. The second-order valence-electron chi connectivity index (χ2n) is 7.59. The largest absolute Gasteiger partial charge is 0.335 e. The van der Waals surface area contributed by atoms with E-state index in [2.05, 4.69) is 40.4 Å². The van der Waals surface area contributed by atoms with Crippen molar-refractivity contribution in [2.24, 2.45) is 0 Å². The fourth-order valence-corrected chi connectivity index (χ4v) is 4.24. The van der Waals surface area contributed by atoms with E-state index in [9.17, 15) is 4.79 Å². The SMILES string of the molecule is CN(C(=O)c1cnc2c(cnn2Cc2ccccc2)c1)[C@H]1CCc2ccccc21. The van der Waals surface area contributed by atoms with Crippen LogP contribution in [0.5, 0.6) is 0 Å². The first-order valence-electron chi connectivity index (χ1n) is 9.91. The highest BCUT2D eigenvalue weighted by Crippen LogP contribution is 2.35. The molecule has 2 aromatic carbocycles. The molecule has 0 fully saturated rings. The molecule has 4 aromatic rings. The number of carbonyl (C=O) groups is 1. The van der Waals surface area contributed by atoms with Gasteiger partial charge in [0, 0.05) is 18.6 Å². The maximum atomic E-state index is 13.1. The summed E-state index contributed by atoms with van der Waals surface area (Å²) in [6.07, 6.45) is 5.44. The van der Waals surface area contributed by atoms with Crippen LogP contribution in [0.4, 0.5) is 0 Å². The third kappa shape index (κ3) is 3.18. The van der Waals surface area contributed by atoms with Crippen LogP contribution in [-0.4, -0.2) is 32.6 Å². The van der Waals surface area contributed by atoms with Crippen LogP contribution in [0.2, 0.25) is 0 Å². The van der Waals surface area contributed by atoms with Crippen LogP contribution in [-0.2, 0) is 13.0 Å². The summed E-state index contributed by atoms with van der Waals surface area (Å²) in [7, 11) is 1.89. The summed E-state index contributed by atoms with van der Waals surface area (Å²) in [4.78, 5) is 19.6. The van der Waals surface area contributed by atoms with Gasteiger partial charge >= 0.3 is 0 Å². The summed E-state index contributed by atoms with van der Waals surface area (Å²) in [6.45, 7) is 0.656. The van der Waals surface area contributed by atoms with Gasteiger partial charge in [-0.05, 0) is 35.6 Å². The molecule has 2 aromatic heterocycles. The first-order chi connectivity index (χ1) is 14.2. The van der Waals surface area contributed by atoms with Gasteiger partial charge in [-0.2, -0.15) is 5.10 Å². The fourth-order valence-electron chi connectivity index (χ4n) is 4.24. The van der Waals surface area contributed by atoms with Crippen molar-refractivity contribution in [2.45, 2.75) is 25.4 Å². The van der Waals surface area contributed by atoms with Crippen molar-refractivity contribution in [3.63, 3.8) is 0 Å². The zero-order chi connectivity index (χ0) is 19.8. The van der Waals surface area contributed by atoms with E-state index < -0.39 is 0 Å². The Kier molecular flexibility index (Phi) is 4.35. The van der Waals surface area contributed by atoms with Crippen LogP contribution in [0.3, 0.4) is 0 Å². The number of benzene rings is 2. The first-order valence-corrected chi connectivity index (χ1v) is 9.91. The second kappa shape index (κ2) is 7.17. The number of hydrogen-bond acceptors (Lipinski definition) is 3. The molecular weight excluding hydrogens is 360 g/mol. The summed E-state index contributed by atoms with van der Waals surface area (Å²) in [5.74, 6) is -0.00286. The van der Waals surface area contributed by atoms with Crippen molar-refractivity contribution in [2.75, 3.05) is 7.05 Å². The number of nitrogens with zero attached hydrogens (tertiary/aromatic N) is 4. The van der Waals surface area contributed by atoms with Crippen molar-refractivity contribution in [1.29, 1.82) is 0 Å². The molecule has 1 aliphatic rings. The van der Waals surface area contributed by atoms with Gasteiger partial charge in [0.2, 0.25) is 0 Å². The van der Waals surface area contributed by atoms with Crippen LogP contribution in [0, 0.1) is 0 Å². The Morgan fingerprint density at radius 1 is 1.10 bits per heavy atom. The van der Waals surface area contributed by atoms with E-state index in [0.717, 1.165) is 23.9 Å². The van der Waals surface area contributed by atoms with E-state index in [1.54, 1.807) is 12.4 Å². The molecule has 29 heavy (non-hydrogen) atoms. The zero-order valence-electron chi connectivity index (χ0n) is 16.3. The first kappa shape index (κ1) is 17.6. The Labute approximate surface area is 169 Å². The van der Waals surface area contributed by atoms with Crippen LogP contribution in [0.25, 0.3) is 11.0 Å². The minimum atomic E-state index is -0.00286. The van der Waals surface area contributed by atoms with Gasteiger partial charge in [0.05, 0.1) is 24.3 Å². The summed E-state index contributed by atoms with van der Waals surface area (Å²) in [5, 5.41) is 5.35. The lowest BCUT2D eigenvalue weighted by Gasteiger charge is -2.25. The van der Waals surface area contributed by atoms with Crippen molar-refractivity contribution >= 4 is 16.9 Å². The number of aromatic nitrogens is 3. The lowest BCUT2D eigenvalue weighted by Crippen LogP contribution is -2.30. The number of hydrogen-bond donors (Lipinski definition) is 0. The van der Waals surface area contributed by atoms with E-state index in [1.807, 2.05) is 47.0 Å². The Balaban J connectivity index is 1.40. The van der Waals surface area contributed by atoms with Crippen LogP contribution >= 0.6 is 0 Å². The Bertz CT molecular complexity index is 1180. The Morgan fingerprint density at radius 2 is 1.90 bits per heavy atom. The highest BCUT2D eigenvalue weighted by Gasteiger charge is 2.29. The Hall–Kier alpha value is -3.47. The molecular formula is C24H22N4O. The van der Waals surface area contributed by atoms with E-state index in [1.165, 1.54) is 16.7 Å². The molecule has 2 heterocycles. The molecule has 0 spiro atoms. The van der Waals surface area contributed by atoms with E-state index in [4.69, 9.17) is 0 Å². The smallest absolute Gasteiger partial charge is 0.255 e. The molecule has 1 aliphatic carbocycles. The molecule has 0 aliphatic heterocycles. The van der Waals surface area contributed by atoms with Gasteiger partial charge in [0.15, 0.2) is 5.65 Å². The molecule has 5 heteroatoms. The van der Waals surface area contributed by atoms with Gasteiger partial charge in [-0.25, -0.2) is 9.67 Å². The maximum absolute atomic E-state index is 13.1. The van der Waals surface area contributed by atoms with Crippen molar-refractivity contribution in [3.8, 4) is 0 Å². The number of carbonyl (C=O) groups excluding carboxylic acids is 1. The third-order valence-electron chi connectivity index (χ3n) is 5.79. The second-order valence-corrected chi connectivity index (χ2v) is 7.59. The lowest BCUT2D eigenvalue weighted by atomic mass is 10.1. The number of rotatable bonds is 4. The molecule has 1 amide bonds. The lowest BCUT2D eigenvalue weighted by molar-refractivity contribution is 0.0730. The average molecular weight is 382 g/mol. The average Bonchev–Trinajstić information content (AvgIpc) is 3.37. The summed E-state index contributed by atoms with van der Waals surface area (Å²) >= 11 is 0. The van der Waals surface area contributed by atoms with E-state index in [-0.39, 0.29) is 11.9 Å². The molecule has 0 radical (unpaired) electrons. The molecule has 1 atom stereocenters. The van der Waals surface area contributed by atoms with Crippen LogP contribution in [0.1, 0.15) is 39.5 Å². The highest BCUT2D eigenvalue weighted by molar-refractivity contribution is 5.97. The van der Waals surface area contributed by atoms with E-state index in [0.29, 0.717) is 12.1 Å². The molecule has 0 unspecified atom stereocenters. The molecule has 5 nitrogen and oxygen atoms in total. The van der Waals surface area contributed by atoms with Crippen LogP contribution in [0.15, 0.2) is 73.1 Å². The molecule has 0 saturated carbocycles. The molecule has 5 rings (SSSR count). The number of aryl methyl sites for hydroxylation is 1. The van der Waals surface area contributed by atoms with Gasteiger partial charge < -0.3 is 4.90 Å². The zero-order valence-corrected chi connectivity index (χ0v) is 16.3. The van der Waals surface area contributed by atoms with Gasteiger partial charge in [-0.3, -0.25) is 4.79 Å². The van der Waals surface area contributed by atoms with Crippen molar-refractivity contribution in [1.82, 2.24) is 19.7 Å². The summed E-state index contributed by atoms with van der Waals surface area (Å²) in [5.41, 5.74) is 5.16. The van der Waals surface area contributed by atoms with Gasteiger partial charge in [0.1, 0.15) is 0 Å². The number of amides is 1. The molecule has 0 N–H and O–H groups in total. The summed E-state index contributed by atoms with van der Waals surface area (Å²) in [6, 6.07) is 20.6. The van der Waals surface area contributed by atoms with E-state index >= 15 is 0 Å². The van der Waals surface area contributed by atoms with Gasteiger partial charge in [0.25, 0.3) is 5.91 Å². The van der Waals surface area contributed by atoms with Crippen molar-refractivity contribution < 1.29 is 4.79 Å². The van der Waals surface area contributed by atoms with Gasteiger partial charge in [-0.15, -0.1) is 0 Å². The number of fused-ring (bicyclic) bond motifs is 2. The third-order valence-corrected chi connectivity index (χ3v) is 5.79. The highest BCUT2D eigenvalue weighted by atomic mass is 16.2. The minimum Gasteiger partial charge on any atom is -0.335 e. The molecule has 0 bridgehead atoms. The molecule has 0 saturated heterocycles. The Morgan fingerprint density at radius 3 is 2.76 bits per heavy atom. The summed E-state index contributed by atoms with van der Waals surface area (Å²) < 4.78 is 1.87. The number of pyridine rings is 1. The van der Waals surface area contributed by atoms with Gasteiger partial charge in [-0.1, -0.05) is 54.6 Å². The fraction of sp³-hybridized carbons (Fsp3) is 0.208. The standard InChI is InChI=1S/C24H22N4O/c1-27(22-12-11-18-9-5-6-10-21(18)22)24(29)20-13-19-15-26-28(23(19)25-14-20)16-17-7-3-2-4-8-17/h2-10,13-15,22H,11-12,16H2,1H3/t22-/m0/s1. The quantitative estimate of drug-likeness (QED) is 0.530. The predicted octanol–water partition coefficient (Wildman–Crippen LogP) is 4.24. The minimum absolute atomic E-state index is 0.00286. The van der Waals surface area contributed by atoms with Crippen molar-refractivity contribution in [3.05, 3.63) is 95.3 Å². The monoisotopic (exact) mass is 382 g/mol. The maximum Gasteiger partial charge on any atom is 0.255 e. The normalized spacial score (nSPS) is 15.4. The van der Waals surface area contributed by atoms with Crippen LogP contribution < -0.4 is 0 Å². The topological polar surface area (TPSA) is 51.0 Å².